The van der Waals surface area contributed by atoms with Crippen LogP contribution in [0.3, 0.4) is 0 Å². The fraction of sp³-hybridized carbons (Fsp3) is 0.0667. The Morgan fingerprint density at radius 3 is 2.81 bits per heavy atom. The van der Waals surface area contributed by atoms with Gasteiger partial charge in [0.15, 0.2) is 0 Å². The van der Waals surface area contributed by atoms with Crippen molar-refractivity contribution in [2.45, 2.75) is 0 Å². The number of pyridine rings is 1. The molecule has 3 rings (SSSR count). The van der Waals surface area contributed by atoms with Crippen LogP contribution in [0.25, 0.3) is 22.0 Å². The topological polar surface area (TPSA) is 75.2 Å². The molecule has 0 atom stereocenters. The summed E-state index contributed by atoms with van der Waals surface area (Å²) < 4.78 is 5.02. The predicted molar refractivity (Wildman–Crippen MR) is 80.1 cm³/mol. The van der Waals surface area contributed by atoms with Gasteiger partial charge < -0.3 is 14.8 Å². The second-order valence-electron chi connectivity index (χ2n) is 4.47. The summed E-state index contributed by atoms with van der Waals surface area (Å²) in [5.74, 6) is -0.480. The standard InChI is InChI=1S/C15H11ClN2O3/c1-21-14-3-2-8(6-18-14)9-4-10-11(15(19)20)7-17-13(10)5-12(9)16/h2-7,17H,1H3,(H,19,20). The zero-order chi connectivity index (χ0) is 15.0. The highest BCUT2D eigenvalue weighted by Crippen LogP contribution is 2.33. The first-order chi connectivity index (χ1) is 10.1. The van der Waals surface area contributed by atoms with Gasteiger partial charge >= 0.3 is 5.97 Å². The van der Waals surface area contributed by atoms with Crippen molar-refractivity contribution in [1.82, 2.24) is 9.97 Å². The molecule has 2 N–H and O–H groups in total. The summed E-state index contributed by atoms with van der Waals surface area (Å²) in [5.41, 5.74) is 2.41. The molecule has 0 aliphatic heterocycles. The van der Waals surface area contributed by atoms with Crippen LogP contribution in [0.15, 0.2) is 36.7 Å². The number of methoxy groups -OCH3 is 1. The molecule has 5 nitrogen and oxygen atoms in total. The quantitative estimate of drug-likeness (QED) is 0.775. The molecule has 0 bridgehead atoms. The number of rotatable bonds is 3. The highest BCUT2D eigenvalue weighted by Gasteiger charge is 2.14. The third-order valence-electron chi connectivity index (χ3n) is 3.26. The van der Waals surface area contributed by atoms with E-state index in [9.17, 15) is 9.90 Å². The number of fused-ring (bicyclic) bond motifs is 1. The number of carbonyl (C=O) groups is 1. The number of carboxylic acid groups (broad SMARTS) is 1. The molecule has 0 unspecified atom stereocenters. The van der Waals surface area contributed by atoms with Gasteiger partial charge in [0.2, 0.25) is 5.88 Å². The van der Waals surface area contributed by atoms with Gasteiger partial charge in [-0.1, -0.05) is 11.6 Å². The Labute approximate surface area is 125 Å². The highest BCUT2D eigenvalue weighted by atomic mass is 35.5. The van der Waals surface area contributed by atoms with Gasteiger partial charge in [-0.25, -0.2) is 9.78 Å². The van der Waals surface area contributed by atoms with Crippen molar-refractivity contribution < 1.29 is 14.6 Å². The monoisotopic (exact) mass is 302 g/mol. The van der Waals surface area contributed by atoms with Gasteiger partial charge in [-0.3, -0.25) is 0 Å². The molecular weight excluding hydrogens is 292 g/mol. The number of aromatic carboxylic acids is 1. The van der Waals surface area contributed by atoms with Crippen LogP contribution >= 0.6 is 11.6 Å². The lowest BCUT2D eigenvalue weighted by Crippen LogP contribution is -1.94. The third-order valence-corrected chi connectivity index (χ3v) is 3.57. The maximum Gasteiger partial charge on any atom is 0.337 e. The molecule has 0 spiro atoms. The lowest BCUT2D eigenvalue weighted by atomic mass is 10.0. The van der Waals surface area contributed by atoms with Crippen LogP contribution in [-0.2, 0) is 0 Å². The number of halogens is 1. The van der Waals surface area contributed by atoms with Crippen molar-refractivity contribution in [3.8, 4) is 17.0 Å². The summed E-state index contributed by atoms with van der Waals surface area (Å²) in [5, 5.41) is 10.3. The number of hydrogen-bond donors (Lipinski definition) is 2. The van der Waals surface area contributed by atoms with Crippen LogP contribution in [-0.4, -0.2) is 28.2 Å². The van der Waals surface area contributed by atoms with E-state index in [-0.39, 0.29) is 5.56 Å². The van der Waals surface area contributed by atoms with Gasteiger partial charge in [0, 0.05) is 40.5 Å². The van der Waals surface area contributed by atoms with E-state index in [1.807, 2.05) is 6.07 Å². The molecule has 1 aromatic carbocycles. The van der Waals surface area contributed by atoms with Crippen LogP contribution in [0.4, 0.5) is 0 Å². The molecule has 3 aromatic rings. The van der Waals surface area contributed by atoms with E-state index in [2.05, 4.69) is 9.97 Å². The van der Waals surface area contributed by atoms with Crippen LogP contribution in [0.1, 0.15) is 10.4 Å². The first-order valence-electron chi connectivity index (χ1n) is 6.14. The fourth-order valence-corrected chi connectivity index (χ4v) is 2.47. The van der Waals surface area contributed by atoms with Crippen molar-refractivity contribution in [3.05, 3.63) is 47.2 Å². The lowest BCUT2D eigenvalue weighted by Gasteiger charge is -2.06. The third kappa shape index (κ3) is 2.32. The maximum absolute atomic E-state index is 11.2. The van der Waals surface area contributed by atoms with E-state index in [0.717, 1.165) is 11.1 Å². The van der Waals surface area contributed by atoms with Gasteiger partial charge in [-0.15, -0.1) is 0 Å². The number of aromatic amines is 1. The van der Waals surface area contributed by atoms with E-state index < -0.39 is 5.97 Å². The van der Waals surface area contributed by atoms with E-state index in [0.29, 0.717) is 21.8 Å². The molecular formula is C15H11ClN2O3. The zero-order valence-electron chi connectivity index (χ0n) is 11.1. The molecule has 0 saturated heterocycles. The van der Waals surface area contributed by atoms with Crippen molar-refractivity contribution >= 4 is 28.5 Å². The summed E-state index contributed by atoms with van der Waals surface area (Å²) in [7, 11) is 1.54. The first kappa shape index (κ1) is 13.5. The van der Waals surface area contributed by atoms with E-state index in [4.69, 9.17) is 16.3 Å². The molecule has 21 heavy (non-hydrogen) atoms. The molecule has 2 heterocycles. The SMILES string of the molecule is COc1ccc(-c2cc3c(C(=O)O)c[nH]c3cc2Cl)cn1. The van der Waals surface area contributed by atoms with Crippen LogP contribution in [0, 0.1) is 0 Å². The number of benzene rings is 1. The molecule has 0 fully saturated rings. The van der Waals surface area contributed by atoms with Crippen LogP contribution in [0.5, 0.6) is 5.88 Å². The maximum atomic E-state index is 11.2. The lowest BCUT2D eigenvalue weighted by molar-refractivity contribution is 0.0699. The number of H-pyrrole nitrogens is 1. The largest absolute Gasteiger partial charge is 0.481 e. The van der Waals surface area contributed by atoms with Gasteiger partial charge in [0.1, 0.15) is 0 Å². The second-order valence-corrected chi connectivity index (χ2v) is 4.88. The smallest absolute Gasteiger partial charge is 0.337 e. The van der Waals surface area contributed by atoms with Crippen molar-refractivity contribution in [2.24, 2.45) is 0 Å². The van der Waals surface area contributed by atoms with Gasteiger partial charge in [-0.2, -0.15) is 0 Å². The van der Waals surface area contributed by atoms with Crippen molar-refractivity contribution in [1.29, 1.82) is 0 Å². The molecule has 6 heteroatoms. The summed E-state index contributed by atoms with van der Waals surface area (Å²) in [6, 6.07) is 7.01. The van der Waals surface area contributed by atoms with Crippen molar-refractivity contribution in [2.75, 3.05) is 7.11 Å². The first-order valence-corrected chi connectivity index (χ1v) is 6.52. The Hall–Kier alpha value is -2.53. The minimum atomic E-state index is -0.984. The fourth-order valence-electron chi connectivity index (χ4n) is 2.20. The predicted octanol–water partition coefficient (Wildman–Crippen LogP) is 3.59. The highest BCUT2D eigenvalue weighted by molar-refractivity contribution is 6.34. The average molecular weight is 303 g/mol. The number of aromatic nitrogens is 2. The second kappa shape index (κ2) is 5.10. The average Bonchev–Trinajstić information content (AvgIpc) is 2.89. The summed E-state index contributed by atoms with van der Waals surface area (Å²) >= 11 is 6.27. The number of hydrogen-bond acceptors (Lipinski definition) is 3. The number of carboxylic acids is 1. The molecule has 0 aliphatic rings. The molecule has 2 aromatic heterocycles. The molecule has 0 aliphatic carbocycles. The molecule has 106 valence electrons. The number of nitrogens with one attached hydrogen (secondary N) is 1. The Morgan fingerprint density at radius 1 is 1.38 bits per heavy atom. The molecule has 0 saturated carbocycles. The molecule has 0 radical (unpaired) electrons. The number of nitrogens with zero attached hydrogens (tertiary/aromatic N) is 1. The summed E-state index contributed by atoms with van der Waals surface area (Å²) in [6.45, 7) is 0. The Morgan fingerprint density at radius 2 is 2.19 bits per heavy atom. The van der Waals surface area contributed by atoms with Crippen LogP contribution < -0.4 is 4.74 Å². The van der Waals surface area contributed by atoms with E-state index >= 15 is 0 Å². The number of ether oxygens (including phenoxy) is 1. The van der Waals surface area contributed by atoms with Crippen molar-refractivity contribution in [3.63, 3.8) is 0 Å². The summed E-state index contributed by atoms with van der Waals surface area (Å²) in [6.07, 6.45) is 3.10. The Balaban J connectivity index is 2.18. The van der Waals surface area contributed by atoms with E-state index in [1.165, 1.54) is 6.20 Å². The van der Waals surface area contributed by atoms with E-state index in [1.54, 1.807) is 31.5 Å². The van der Waals surface area contributed by atoms with Gasteiger partial charge in [0.25, 0.3) is 0 Å². The van der Waals surface area contributed by atoms with Gasteiger partial charge in [-0.05, 0) is 18.2 Å². The Kier molecular flexibility index (Phi) is 3.27. The zero-order valence-corrected chi connectivity index (χ0v) is 11.8. The van der Waals surface area contributed by atoms with Crippen LogP contribution in [0.2, 0.25) is 5.02 Å². The summed E-state index contributed by atoms with van der Waals surface area (Å²) in [4.78, 5) is 18.3. The Bertz CT molecular complexity index is 825. The normalized spacial score (nSPS) is 10.8. The minimum Gasteiger partial charge on any atom is -0.481 e. The van der Waals surface area contributed by atoms with Gasteiger partial charge in [0.05, 0.1) is 17.7 Å². The minimum absolute atomic E-state index is 0.212. The molecule has 0 amide bonds.